The standard InChI is InChI=1S/C19H17NO4/c1-12-7-9-13(10-8-12)17-19(18(21)22-2)11-23-15-6-4-3-5-14(15)16(19)20-24-17/h3-10,17H,11H2,1-2H3/t17-,19+/m0/s1. The topological polar surface area (TPSA) is 57.1 Å². The zero-order valence-electron chi connectivity index (χ0n) is 13.5. The van der Waals surface area contributed by atoms with E-state index in [2.05, 4.69) is 5.16 Å². The lowest BCUT2D eigenvalue weighted by atomic mass is 9.72. The van der Waals surface area contributed by atoms with E-state index in [0.29, 0.717) is 11.5 Å². The molecule has 5 heteroatoms. The van der Waals surface area contributed by atoms with E-state index in [1.807, 2.05) is 55.5 Å². The van der Waals surface area contributed by atoms with Crippen LogP contribution in [0.4, 0.5) is 0 Å². The highest BCUT2D eigenvalue weighted by molar-refractivity contribution is 6.18. The molecule has 0 unspecified atom stereocenters. The number of carbonyl (C=O) groups excluding carboxylic acids is 1. The number of nitrogens with zero attached hydrogens (tertiary/aromatic N) is 1. The molecule has 0 amide bonds. The van der Waals surface area contributed by atoms with Crippen molar-refractivity contribution >= 4 is 11.7 Å². The fourth-order valence-electron chi connectivity index (χ4n) is 3.35. The average molecular weight is 323 g/mol. The number of esters is 1. The summed E-state index contributed by atoms with van der Waals surface area (Å²) in [6.07, 6.45) is -0.575. The summed E-state index contributed by atoms with van der Waals surface area (Å²) in [5.41, 5.74) is 2.24. The predicted molar refractivity (Wildman–Crippen MR) is 87.9 cm³/mol. The van der Waals surface area contributed by atoms with Gasteiger partial charge in [0.25, 0.3) is 0 Å². The van der Waals surface area contributed by atoms with Crippen LogP contribution in [0.15, 0.2) is 53.7 Å². The number of aryl methyl sites for hydroxylation is 1. The van der Waals surface area contributed by atoms with Crippen LogP contribution in [0.1, 0.15) is 22.8 Å². The molecule has 2 aliphatic heterocycles. The first-order valence-electron chi connectivity index (χ1n) is 7.78. The highest BCUT2D eigenvalue weighted by Gasteiger charge is 2.61. The molecule has 0 spiro atoms. The number of hydrogen-bond acceptors (Lipinski definition) is 5. The molecule has 0 aromatic heterocycles. The van der Waals surface area contributed by atoms with Crippen LogP contribution in [-0.4, -0.2) is 25.4 Å². The summed E-state index contributed by atoms with van der Waals surface area (Å²) in [5, 5.41) is 4.26. The molecular weight excluding hydrogens is 306 g/mol. The van der Waals surface area contributed by atoms with Crippen molar-refractivity contribution in [3.8, 4) is 5.75 Å². The van der Waals surface area contributed by atoms with Crippen LogP contribution >= 0.6 is 0 Å². The number of ether oxygens (including phenoxy) is 2. The number of para-hydroxylation sites is 1. The Morgan fingerprint density at radius 2 is 1.96 bits per heavy atom. The first kappa shape index (κ1) is 14.8. The number of fused-ring (bicyclic) bond motifs is 3. The lowest BCUT2D eigenvalue weighted by Gasteiger charge is -2.35. The van der Waals surface area contributed by atoms with E-state index in [-0.39, 0.29) is 6.61 Å². The molecule has 0 bridgehead atoms. The van der Waals surface area contributed by atoms with Crippen molar-refractivity contribution in [2.75, 3.05) is 13.7 Å². The third-order valence-corrected chi connectivity index (χ3v) is 4.65. The van der Waals surface area contributed by atoms with Crippen LogP contribution in [0.25, 0.3) is 0 Å². The van der Waals surface area contributed by atoms with E-state index < -0.39 is 17.5 Å². The molecule has 2 aromatic carbocycles. The summed E-state index contributed by atoms with van der Waals surface area (Å²) < 4.78 is 11.0. The van der Waals surface area contributed by atoms with Crippen molar-refractivity contribution in [2.24, 2.45) is 10.6 Å². The largest absolute Gasteiger partial charge is 0.491 e. The van der Waals surface area contributed by atoms with Crippen molar-refractivity contribution < 1.29 is 19.1 Å². The molecule has 0 N–H and O–H groups in total. The average Bonchev–Trinajstić information content (AvgIpc) is 3.02. The van der Waals surface area contributed by atoms with Gasteiger partial charge in [-0.15, -0.1) is 0 Å². The van der Waals surface area contributed by atoms with Crippen LogP contribution in [0.5, 0.6) is 5.75 Å². The van der Waals surface area contributed by atoms with Crippen LogP contribution < -0.4 is 4.74 Å². The molecule has 122 valence electrons. The fraction of sp³-hybridized carbons (Fsp3) is 0.263. The van der Waals surface area contributed by atoms with Gasteiger partial charge >= 0.3 is 5.97 Å². The zero-order valence-corrected chi connectivity index (χ0v) is 13.5. The molecule has 0 fully saturated rings. The number of oxime groups is 1. The third-order valence-electron chi connectivity index (χ3n) is 4.65. The highest BCUT2D eigenvalue weighted by Crippen LogP contribution is 2.50. The minimum Gasteiger partial charge on any atom is -0.491 e. The summed E-state index contributed by atoms with van der Waals surface area (Å²) in [5.74, 6) is 0.294. The Kier molecular flexibility index (Phi) is 3.30. The molecule has 5 nitrogen and oxygen atoms in total. The maximum absolute atomic E-state index is 12.8. The summed E-state index contributed by atoms with van der Waals surface area (Å²) in [7, 11) is 1.37. The Labute approximate surface area is 139 Å². The van der Waals surface area contributed by atoms with Crippen LogP contribution in [0.2, 0.25) is 0 Å². The second kappa shape index (κ2) is 5.37. The van der Waals surface area contributed by atoms with Crippen molar-refractivity contribution in [1.29, 1.82) is 0 Å². The van der Waals surface area contributed by atoms with Gasteiger partial charge in [0, 0.05) is 5.56 Å². The SMILES string of the molecule is COC(=O)[C@]12COc3ccccc3C1=NO[C@H]2c1ccc(C)cc1. The van der Waals surface area contributed by atoms with E-state index in [1.165, 1.54) is 7.11 Å². The molecule has 4 rings (SSSR count). The molecular formula is C19H17NO4. The minimum atomic E-state index is -1.10. The van der Waals surface area contributed by atoms with Crippen LogP contribution in [0.3, 0.4) is 0 Å². The smallest absolute Gasteiger partial charge is 0.325 e. The van der Waals surface area contributed by atoms with Gasteiger partial charge in [0.15, 0.2) is 11.5 Å². The Hall–Kier alpha value is -2.82. The molecule has 2 aliphatic rings. The molecule has 0 radical (unpaired) electrons. The minimum absolute atomic E-state index is 0.133. The number of benzene rings is 2. The van der Waals surface area contributed by atoms with E-state index in [9.17, 15) is 4.79 Å². The second-order valence-electron chi connectivity index (χ2n) is 6.08. The Bertz CT molecular complexity index is 828. The molecule has 2 atom stereocenters. The van der Waals surface area contributed by atoms with Gasteiger partial charge in [-0.3, -0.25) is 4.79 Å². The van der Waals surface area contributed by atoms with Gasteiger partial charge in [-0.25, -0.2) is 0 Å². The monoisotopic (exact) mass is 323 g/mol. The van der Waals surface area contributed by atoms with Gasteiger partial charge in [-0.05, 0) is 24.6 Å². The van der Waals surface area contributed by atoms with Crippen molar-refractivity contribution in [1.82, 2.24) is 0 Å². The Morgan fingerprint density at radius 3 is 2.71 bits per heavy atom. The Balaban J connectivity index is 1.86. The predicted octanol–water partition coefficient (Wildman–Crippen LogP) is 3.02. The van der Waals surface area contributed by atoms with Crippen LogP contribution in [-0.2, 0) is 14.4 Å². The lowest BCUT2D eigenvalue weighted by molar-refractivity contribution is -0.156. The maximum atomic E-state index is 12.8. The molecule has 0 aliphatic carbocycles. The van der Waals surface area contributed by atoms with Gasteiger partial charge in [0.1, 0.15) is 18.1 Å². The first-order valence-corrected chi connectivity index (χ1v) is 7.78. The van der Waals surface area contributed by atoms with E-state index >= 15 is 0 Å². The quantitative estimate of drug-likeness (QED) is 0.797. The lowest BCUT2D eigenvalue weighted by Crippen LogP contribution is -2.49. The number of carbonyl (C=O) groups is 1. The maximum Gasteiger partial charge on any atom is 0.325 e. The summed E-state index contributed by atoms with van der Waals surface area (Å²) in [6.45, 7) is 2.14. The van der Waals surface area contributed by atoms with Gasteiger partial charge in [0.2, 0.25) is 0 Å². The van der Waals surface area contributed by atoms with E-state index in [4.69, 9.17) is 14.3 Å². The number of methoxy groups -OCH3 is 1. The molecule has 2 aromatic rings. The summed E-state index contributed by atoms with van der Waals surface area (Å²) in [6, 6.07) is 15.4. The number of rotatable bonds is 2. The van der Waals surface area contributed by atoms with Gasteiger partial charge in [-0.1, -0.05) is 47.1 Å². The summed E-state index contributed by atoms with van der Waals surface area (Å²) in [4.78, 5) is 18.5. The Morgan fingerprint density at radius 1 is 1.21 bits per heavy atom. The second-order valence-corrected chi connectivity index (χ2v) is 6.08. The summed E-state index contributed by atoms with van der Waals surface area (Å²) >= 11 is 0. The van der Waals surface area contributed by atoms with Crippen LogP contribution in [0, 0.1) is 12.3 Å². The highest BCUT2D eigenvalue weighted by atomic mass is 16.7. The van der Waals surface area contributed by atoms with Crippen molar-refractivity contribution in [3.63, 3.8) is 0 Å². The third kappa shape index (κ3) is 1.94. The fourth-order valence-corrected chi connectivity index (χ4v) is 3.35. The number of hydrogen-bond donors (Lipinski definition) is 0. The first-order chi connectivity index (χ1) is 11.7. The van der Waals surface area contributed by atoms with Gasteiger partial charge in [0.05, 0.1) is 7.11 Å². The van der Waals surface area contributed by atoms with Crippen molar-refractivity contribution in [3.05, 3.63) is 65.2 Å². The van der Waals surface area contributed by atoms with Gasteiger partial charge < -0.3 is 14.3 Å². The normalized spacial score (nSPS) is 24.1. The van der Waals surface area contributed by atoms with Crippen molar-refractivity contribution in [2.45, 2.75) is 13.0 Å². The van der Waals surface area contributed by atoms with E-state index in [1.54, 1.807) is 0 Å². The molecule has 24 heavy (non-hydrogen) atoms. The zero-order chi connectivity index (χ0) is 16.7. The molecule has 2 heterocycles. The molecule has 0 saturated carbocycles. The van der Waals surface area contributed by atoms with Gasteiger partial charge in [-0.2, -0.15) is 0 Å². The molecule has 0 saturated heterocycles. The van der Waals surface area contributed by atoms with E-state index in [0.717, 1.165) is 16.7 Å².